The minimum Gasteiger partial charge on any atom is -0.496 e. The van der Waals surface area contributed by atoms with Gasteiger partial charge in [0.25, 0.3) is 0 Å². The molecule has 3 aromatic heterocycles. The average Bonchev–Trinajstić information content (AvgIpc) is 1.65. The predicted octanol–water partition coefficient (Wildman–Crippen LogP) is 15.5. The molecule has 0 radical (unpaired) electrons. The van der Waals surface area contributed by atoms with Crippen LogP contribution in [0.25, 0.3) is 65.4 Å². The second-order valence-electron chi connectivity index (χ2n) is 25.8. The first-order valence-electron chi connectivity index (χ1n) is 33.7. The third-order valence-corrected chi connectivity index (χ3v) is 20.5. The smallest absolute Gasteiger partial charge is 0.124 e. The molecule has 12 nitrogen and oxygen atoms in total. The van der Waals surface area contributed by atoms with Gasteiger partial charge in [0.2, 0.25) is 0 Å². The van der Waals surface area contributed by atoms with Gasteiger partial charge in [0.1, 0.15) is 17.2 Å². The van der Waals surface area contributed by atoms with Crippen molar-refractivity contribution in [3.63, 3.8) is 0 Å². The Morgan fingerprint density at radius 2 is 0.462 bits per heavy atom. The number of nitrogens with zero attached hydrogens (tertiary/aromatic N) is 6. The number of methoxy groups -OCH3 is 3. The van der Waals surface area contributed by atoms with Crippen molar-refractivity contribution in [2.24, 2.45) is 0 Å². The van der Waals surface area contributed by atoms with E-state index in [1.54, 1.807) is 21.3 Å². The molecule has 3 aliphatic rings. The van der Waals surface area contributed by atoms with Gasteiger partial charge in [0.15, 0.2) is 0 Å². The van der Waals surface area contributed by atoms with Crippen LogP contribution in [0.4, 0.5) is 0 Å². The van der Waals surface area contributed by atoms with Crippen LogP contribution in [0.5, 0.6) is 17.2 Å². The van der Waals surface area contributed by atoms with E-state index in [2.05, 4.69) is 174 Å². The van der Waals surface area contributed by atoms with Crippen molar-refractivity contribution in [1.82, 2.24) is 28.4 Å². The number of hydrogen-bond acceptors (Lipinski definition) is 9. The van der Waals surface area contributed by atoms with E-state index in [1.165, 1.54) is 65.4 Å². The summed E-state index contributed by atoms with van der Waals surface area (Å²) in [5, 5.41) is 41.8. The lowest BCUT2D eigenvalue weighted by molar-refractivity contribution is -0.0280. The van der Waals surface area contributed by atoms with E-state index in [4.69, 9.17) is 14.2 Å². The van der Waals surface area contributed by atoms with E-state index in [9.17, 15) is 15.3 Å². The van der Waals surface area contributed by atoms with Crippen LogP contribution in [-0.2, 0) is 36.4 Å². The van der Waals surface area contributed by atoms with Gasteiger partial charge in [-0.15, -0.1) is 0 Å². The van der Waals surface area contributed by atoms with Crippen LogP contribution in [0.3, 0.4) is 0 Å². The molecule has 6 heterocycles. The van der Waals surface area contributed by atoms with E-state index in [0.717, 1.165) is 170 Å². The fourth-order valence-electron chi connectivity index (χ4n) is 15.4. The molecule has 3 N–H and O–H groups in total. The van der Waals surface area contributed by atoms with Crippen LogP contribution < -0.4 is 14.2 Å². The topological polar surface area (TPSA) is 113 Å². The number of piperidine rings is 3. The molecule has 0 amide bonds. The molecule has 0 bridgehead atoms. The number of benzene rings is 9. The zero-order valence-electron chi connectivity index (χ0n) is 54.4. The van der Waals surface area contributed by atoms with Gasteiger partial charge < -0.3 is 57.9 Å². The van der Waals surface area contributed by atoms with Crippen molar-refractivity contribution in [3.8, 4) is 17.2 Å². The Balaban J connectivity index is 0.000000127. The number of ether oxygens (including phenoxy) is 3. The van der Waals surface area contributed by atoms with Crippen molar-refractivity contribution in [1.29, 1.82) is 0 Å². The maximum absolute atomic E-state index is 11.3. The number of fused-ring (bicyclic) bond motifs is 9. The highest BCUT2D eigenvalue weighted by atomic mass is 16.5. The summed E-state index contributed by atoms with van der Waals surface area (Å²) in [6, 6.07) is 75.8. The summed E-state index contributed by atoms with van der Waals surface area (Å²) in [6.45, 7) is 11.6. The number of hydrogen-bond donors (Lipinski definition) is 3. The summed E-state index contributed by atoms with van der Waals surface area (Å²) in [5.74, 6) is 2.35. The molecule has 3 fully saturated rings. The van der Waals surface area contributed by atoms with Crippen molar-refractivity contribution in [3.05, 3.63) is 235 Å². The fourth-order valence-corrected chi connectivity index (χ4v) is 15.4. The molecule has 0 unspecified atom stereocenters. The van der Waals surface area contributed by atoms with Gasteiger partial charge in [-0.2, -0.15) is 0 Å². The highest BCUT2D eigenvalue weighted by Gasteiger charge is 2.38. The van der Waals surface area contributed by atoms with Gasteiger partial charge in [0, 0.05) is 141 Å². The quantitative estimate of drug-likeness (QED) is 0.0773. The Hall–Kier alpha value is -8.46. The average molecular weight is 1240 g/mol. The van der Waals surface area contributed by atoms with Crippen LogP contribution in [0.1, 0.15) is 74.5 Å². The molecule has 12 aromatic rings. The SMILES string of the molecule is COc1ccccc1C1(O)CCN(CCCn2c3ccccc3c3ccccc32)CC1.COc1ccccc1C1(O)CCN(CCCn2c3ccccc3c3ccccc32)CC1.COc1ccccc1C1(O)CCN(CCCn2c3ccccc3c3ccccc32)CC1. The Morgan fingerprint density at radius 3 is 0.677 bits per heavy atom. The normalized spacial score (nSPS) is 16.7. The van der Waals surface area contributed by atoms with Crippen LogP contribution in [0.2, 0.25) is 0 Å². The zero-order valence-corrected chi connectivity index (χ0v) is 54.4. The van der Waals surface area contributed by atoms with Gasteiger partial charge in [0.05, 0.1) is 38.1 Å². The molecule has 480 valence electrons. The highest BCUT2D eigenvalue weighted by Crippen LogP contribution is 2.42. The van der Waals surface area contributed by atoms with E-state index in [0.29, 0.717) is 0 Å². The molecule has 3 aliphatic heterocycles. The van der Waals surface area contributed by atoms with Crippen LogP contribution in [0.15, 0.2) is 218 Å². The van der Waals surface area contributed by atoms with Crippen LogP contribution in [0, 0.1) is 0 Å². The minimum atomic E-state index is -0.796. The van der Waals surface area contributed by atoms with Gasteiger partial charge in [-0.1, -0.05) is 164 Å². The summed E-state index contributed by atoms with van der Waals surface area (Å²) >= 11 is 0. The lowest BCUT2D eigenvalue weighted by atomic mass is 9.84. The van der Waals surface area contributed by atoms with Crippen molar-refractivity contribution in [2.75, 3.05) is 80.2 Å². The van der Waals surface area contributed by atoms with E-state index in [-0.39, 0.29) is 0 Å². The maximum Gasteiger partial charge on any atom is 0.124 e. The monoisotopic (exact) mass is 1240 g/mol. The molecule has 93 heavy (non-hydrogen) atoms. The lowest BCUT2D eigenvalue weighted by Crippen LogP contribution is -2.43. The second-order valence-corrected chi connectivity index (χ2v) is 25.8. The van der Waals surface area contributed by atoms with E-state index < -0.39 is 16.8 Å². The lowest BCUT2D eigenvalue weighted by Gasteiger charge is -2.39. The summed E-state index contributed by atoms with van der Waals surface area (Å²) in [7, 11) is 5.02. The molecule has 9 aromatic carbocycles. The number of aliphatic hydroxyl groups is 3. The minimum absolute atomic E-state index is 0.739. The van der Waals surface area contributed by atoms with Crippen LogP contribution in [-0.4, -0.2) is 124 Å². The Kier molecular flexibility index (Phi) is 19.3. The van der Waals surface area contributed by atoms with Crippen LogP contribution >= 0.6 is 0 Å². The predicted molar refractivity (Wildman–Crippen MR) is 380 cm³/mol. The molecule has 15 rings (SSSR count). The number of para-hydroxylation sites is 9. The molecular weight excluding hydrogens is 1150 g/mol. The number of likely N-dealkylation sites (tertiary alicyclic amines) is 3. The van der Waals surface area contributed by atoms with Crippen molar-refractivity contribution < 1.29 is 29.5 Å². The number of aryl methyl sites for hydroxylation is 3. The van der Waals surface area contributed by atoms with Gasteiger partial charge in [-0.25, -0.2) is 0 Å². The van der Waals surface area contributed by atoms with Gasteiger partial charge in [-0.3, -0.25) is 0 Å². The molecule has 0 spiro atoms. The van der Waals surface area contributed by atoms with Gasteiger partial charge >= 0.3 is 0 Å². The first kappa shape index (κ1) is 63.3. The molecular formula is C81H90N6O6. The third kappa shape index (κ3) is 13.3. The second kappa shape index (κ2) is 28.4. The highest BCUT2D eigenvalue weighted by molar-refractivity contribution is 6.09. The largest absolute Gasteiger partial charge is 0.496 e. The summed E-state index contributed by atoms with van der Waals surface area (Å²) < 4.78 is 23.8. The Bertz CT molecular complexity index is 3850. The maximum atomic E-state index is 11.3. The molecule has 0 aliphatic carbocycles. The van der Waals surface area contributed by atoms with Gasteiger partial charge in [-0.05, 0) is 132 Å². The standard InChI is InChI=1S/3C27H30N2O2/c3*1-31-26-14-7-4-11-23(26)27(30)15-19-28(20-16-27)17-8-18-29-24-12-5-2-9-21(24)22-10-3-6-13-25(22)29/h3*2-7,9-14,30H,8,15-20H2,1H3. The summed E-state index contributed by atoms with van der Waals surface area (Å²) in [4.78, 5) is 7.45. The molecule has 0 saturated carbocycles. The zero-order chi connectivity index (χ0) is 63.8. The Morgan fingerprint density at radius 1 is 0.269 bits per heavy atom. The third-order valence-electron chi connectivity index (χ3n) is 20.5. The van der Waals surface area contributed by atoms with Crippen molar-refractivity contribution in [2.45, 2.75) is 94.2 Å². The van der Waals surface area contributed by atoms with Crippen molar-refractivity contribution >= 4 is 65.4 Å². The first-order chi connectivity index (χ1) is 45.6. The summed E-state index contributed by atoms with van der Waals surface area (Å²) in [6.07, 6.45) is 7.71. The molecule has 12 heteroatoms. The Labute approximate surface area is 547 Å². The number of rotatable bonds is 18. The van der Waals surface area contributed by atoms with E-state index >= 15 is 0 Å². The molecule has 3 saturated heterocycles. The van der Waals surface area contributed by atoms with E-state index in [1.807, 2.05) is 72.8 Å². The fraction of sp³-hybridized carbons (Fsp3) is 0.333. The molecule has 0 atom stereocenters. The first-order valence-corrected chi connectivity index (χ1v) is 33.7. The summed E-state index contributed by atoms with van der Waals surface area (Å²) in [5.41, 5.74) is 8.25. The number of aromatic nitrogens is 3.